The molecule has 0 radical (unpaired) electrons. The van der Waals surface area contributed by atoms with Gasteiger partial charge in [0, 0.05) is 12.6 Å². The smallest absolute Gasteiger partial charge is 0.236 e. The fraction of sp³-hybridized carbons (Fsp3) is 0.350. The Labute approximate surface area is 153 Å². The number of amides is 1. The maximum atomic E-state index is 12.7. The van der Waals surface area contributed by atoms with Crippen LogP contribution in [0.25, 0.3) is 0 Å². The largest absolute Gasteiger partial charge is 0.497 e. The molecule has 0 bridgehead atoms. The predicted octanol–water partition coefficient (Wildman–Crippen LogP) is 3.91. The predicted molar refractivity (Wildman–Crippen MR) is 101 cm³/mol. The molecule has 4 nitrogen and oxygen atoms in total. The Morgan fingerprint density at radius 1 is 1.04 bits per heavy atom. The molecule has 25 heavy (non-hydrogen) atoms. The summed E-state index contributed by atoms with van der Waals surface area (Å²) in [5.74, 6) is 1.67. The maximum Gasteiger partial charge on any atom is 0.236 e. The average Bonchev–Trinajstić information content (AvgIpc) is 2.94. The van der Waals surface area contributed by atoms with Gasteiger partial charge in [0.15, 0.2) is 0 Å². The van der Waals surface area contributed by atoms with Crippen molar-refractivity contribution in [2.24, 2.45) is 0 Å². The number of hydrogen-bond donors (Lipinski definition) is 0. The highest BCUT2D eigenvalue weighted by Crippen LogP contribution is 2.44. The quantitative estimate of drug-likeness (QED) is 0.786. The maximum absolute atomic E-state index is 12.7. The molecule has 0 aromatic heterocycles. The van der Waals surface area contributed by atoms with Gasteiger partial charge in [-0.25, -0.2) is 0 Å². The summed E-state index contributed by atoms with van der Waals surface area (Å²) >= 11 is 1.67. The monoisotopic (exact) mass is 357 g/mol. The molecular weight excluding hydrogens is 334 g/mol. The van der Waals surface area contributed by atoms with Crippen LogP contribution < -0.4 is 9.47 Å². The first-order valence-electron chi connectivity index (χ1n) is 8.35. The van der Waals surface area contributed by atoms with Crippen molar-refractivity contribution >= 4 is 17.7 Å². The third-order valence-electron chi connectivity index (χ3n) is 4.39. The van der Waals surface area contributed by atoms with Crippen molar-refractivity contribution in [2.45, 2.75) is 24.0 Å². The molecule has 0 aliphatic carbocycles. The third kappa shape index (κ3) is 3.93. The van der Waals surface area contributed by atoms with E-state index in [0.29, 0.717) is 6.54 Å². The van der Waals surface area contributed by atoms with Crippen LogP contribution in [0.2, 0.25) is 0 Å². The summed E-state index contributed by atoms with van der Waals surface area (Å²) in [4.78, 5) is 14.6. The van der Waals surface area contributed by atoms with Crippen LogP contribution in [-0.2, 0) is 11.2 Å². The lowest BCUT2D eigenvalue weighted by Gasteiger charge is -2.25. The highest BCUT2D eigenvalue weighted by molar-refractivity contribution is 8.01. The number of ether oxygens (including phenoxy) is 2. The van der Waals surface area contributed by atoms with E-state index in [0.717, 1.165) is 23.5 Å². The SMILES string of the molecule is COc1cc(OC)cc(C2SC(C)C(=O)N2CCc2ccccc2)c1. The lowest BCUT2D eigenvalue weighted by Crippen LogP contribution is -2.32. The molecule has 1 saturated heterocycles. The van der Waals surface area contributed by atoms with Gasteiger partial charge in [0.1, 0.15) is 16.9 Å². The molecule has 2 aromatic rings. The molecule has 132 valence electrons. The fourth-order valence-electron chi connectivity index (χ4n) is 3.03. The number of nitrogens with zero attached hydrogens (tertiary/aromatic N) is 1. The van der Waals surface area contributed by atoms with Gasteiger partial charge in [-0.2, -0.15) is 0 Å². The lowest BCUT2D eigenvalue weighted by molar-refractivity contribution is -0.129. The van der Waals surface area contributed by atoms with Crippen molar-refractivity contribution in [3.63, 3.8) is 0 Å². The van der Waals surface area contributed by atoms with Crippen LogP contribution in [-0.4, -0.2) is 36.8 Å². The summed E-state index contributed by atoms with van der Waals surface area (Å²) < 4.78 is 10.8. The topological polar surface area (TPSA) is 38.8 Å². The Hall–Kier alpha value is -2.14. The third-order valence-corrected chi connectivity index (χ3v) is 5.78. The molecule has 3 rings (SSSR count). The van der Waals surface area contributed by atoms with E-state index in [2.05, 4.69) is 12.1 Å². The number of rotatable bonds is 6. The first-order valence-corrected chi connectivity index (χ1v) is 9.29. The van der Waals surface area contributed by atoms with E-state index in [-0.39, 0.29) is 16.5 Å². The number of thioether (sulfide) groups is 1. The van der Waals surface area contributed by atoms with Gasteiger partial charge in [-0.05, 0) is 36.6 Å². The highest BCUT2D eigenvalue weighted by Gasteiger charge is 2.38. The Kier molecular flexibility index (Phi) is 5.53. The van der Waals surface area contributed by atoms with Gasteiger partial charge >= 0.3 is 0 Å². The second-order valence-electron chi connectivity index (χ2n) is 6.04. The molecular formula is C20H23NO3S. The standard InChI is InChI=1S/C20H23NO3S/c1-14-19(22)21(10-9-15-7-5-4-6-8-15)20(25-14)16-11-17(23-2)13-18(12-16)24-3/h4-8,11-14,20H,9-10H2,1-3H3. The van der Waals surface area contributed by atoms with E-state index < -0.39 is 0 Å². The normalized spacial score (nSPS) is 20.0. The van der Waals surface area contributed by atoms with Crippen molar-refractivity contribution in [3.8, 4) is 11.5 Å². The molecule has 1 aliphatic heterocycles. The van der Waals surface area contributed by atoms with E-state index in [4.69, 9.17) is 9.47 Å². The van der Waals surface area contributed by atoms with Crippen LogP contribution in [0.3, 0.4) is 0 Å². The Bertz CT molecular complexity index is 713. The van der Waals surface area contributed by atoms with Gasteiger partial charge in [-0.1, -0.05) is 30.3 Å². The fourth-order valence-corrected chi connectivity index (χ4v) is 4.31. The van der Waals surface area contributed by atoms with Crippen LogP contribution in [0.15, 0.2) is 48.5 Å². The van der Waals surface area contributed by atoms with Crippen LogP contribution >= 0.6 is 11.8 Å². The minimum atomic E-state index is -0.0435. The molecule has 1 heterocycles. The van der Waals surface area contributed by atoms with Gasteiger partial charge in [-0.15, -0.1) is 11.8 Å². The van der Waals surface area contributed by atoms with Crippen molar-refractivity contribution in [2.75, 3.05) is 20.8 Å². The van der Waals surface area contributed by atoms with Gasteiger partial charge in [0.25, 0.3) is 0 Å². The van der Waals surface area contributed by atoms with Crippen molar-refractivity contribution in [1.29, 1.82) is 0 Å². The summed E-state index contributed by atoms with van der Waals surface area (Å²) in [6.07, 6.45) is 0.845. The summed E-state index contributed by atoms with van der Waals surface area (Å²) in [5, 5.41) is -0.0619. The van der Waals surface area contributed by atoms with Gasteiger partial charge in [0.2, 0.25) is 5.91 Å². The van der Waals surface area contributed by atoms with Crippen molar-refractivity contribution in [3.05, 3.63) is 59.7 Å². The van der Waals surface area contributed by atoms with Gasteiger partial charge in [0.05, 0.1) is 19.5 Å². The second-order valence-corrected chi connectivity index (χ2v) is 7.47. The Morgan fingerprint density at radius 2 is 1.68 bits per heavy atom. The van der Waals surface area contributed by atoms with E-state index in [1.807, 2.05) is 48.2 Å². The first-order chi connectivity index (χ1) is 12.1. The van der Waals surface area contributed by atoms with Gasteiger partial charge < -0.3 is 14.4 Å². The Morgan fingerprint density at radius 3 is 2.28 bits per heavy atom. The zero-order valence-electron chi connectivity index (χ0n) is 14.8. The summed E-state index contributed by atoms with van der Waals surface area (Å²) in [7, 11) is 3.28. The number of benzene rings is 2. The molecule has 5 heteroatoms. The van der Waals surface area contributed by atoms with Crippen molar-refractivity contribution < 1.29 is 14.3 Å². The summed E-state index contributed by atoms with van der Waals surface area (Å²) in [6.45, 7) is 2.67. The number of hydrogen-bond acceptors (Lipinski definition) is 4. The minimum Gasteiger partial charge on any atom is -0.497 e. The molecule has 1 aliphatic rings. The average molecular weight is 357 g/mol. The van der Waals surface area contributed by atoms with Crippen LogP contribution in [0.4, 0.5) is 0 Å². The molecule has 0 saturated carbocycles. The number of carbonyl (C=O) groups is 1. The first kappa shape index (κ1) is 17.7. The molecule has 0 spiro atoms. The van der Waals surface area contributed by atoms with Gasteiger partial charge in [-0.3, -0.25) is 4.79 Å². The molecule has 2 atom stereocenters. The van der Waals surface area contributed by atoms with Crippen LogP contribution in [0.5, 0.6) is 11.5 Å². The zero-order chi connectivity index (χ0) is 17.8. The minimum absolute atomic E-state index is 0.0183. The number of methoxy groups -OCH3 is 2. The molecule has 0 N–H and O–H groups in total. The second kappa shape index (κ2) is 7.83. The van der Waals surface area contributed by atoms with Crippen LogP contribution in [0.1, 0.15) is 23.4 Å². The molecule has 2 unspecified atom stereocenters. The lowest BCUT2D eigenvalue weighted by atomic mass is 10.1. The van der Waals surface area contributed by atoms with Crippen LogP contribution in [0, 0.1) is 0 Å². The van der Waals surface area contributed by atoms with E-state index in [9.17, 15) is 4.79 Å². The Balaban J connectivity index is 1.84. The van der Waals surface area contributed by atoms with E-state index in [1.54, 1.807) is 26.0 Å². The van der Waals surface area contributed by atoms with Crippen molar-refractivity contribution in [1.82, 2.24) is 4.90 Å². The zero-order valence-corrected chi connectivity index (χ0v) is 15.6. The molecule has 2 aromatic carbocycles. The van der Waals surface area contributed by atoms with E-state index >= 15 is 0 Å². The molecule has 1 amide bonds. The highest BCUT2D eigenvalue weighted by atomic mass is 32.2. The summed E-state index contributed by atoms with van der Waals surface area (Å²) in [5.41, 5.74) is 2.27. The summed E-state index contributed by atoms with van der Waals surface area (Å²) in [6, 6.07) is 16.1. The van der Waals surface area contributed by atoms with E-state index in [1.165, 1.54) is 5.56 Å². The molecule has 1 fully saturated rings. The number of carbonyl (C=O) groups excluding carboxylic acids is 1.